The summed E-state index contributed by atoms with van der Waals surface area (Å²) in [6.45, 7) is 7.05. The van der Waals surface area contributed by atoms with Crippen LogP contribution in [0.5, 0.6) is 0 Å². The molecule has 0 aromatic heterocycles. The zero-order valence-electron chi connectivity index (χ0n) is 9.67. The molecule has 0 spiro atoms. The van der Waals surface area contributed by atoms with E-state index < -0.39 is 0 Å². The zero-order valence-corrected chi connectivity index (χ0v) is 10.5. The van der Waals surface area contributed by atoms with Gasteiger partial charge in [0.05, 0.1) is 5.75 Å². The lowest BCUT2D eigenvalue weighted by Gasteiger charge is -2.23. The van der Waals surface area contributed by atoms with Crippen LogP contribution >= 0.6 is 11.8 Å². The maximum absolute atomic E-state index is 5.22. The summed E-state index contributed by atoms with van der Waals surface area (Å²) in [4.78, 5) is 2.57. The molecule has 0 bridgehead atoms. The molecule has 1 aliphatic heterocycles. The van der Waals surface area contributed by atoms with Gasteiger partial charge in [0, 0.05) is 24.9 Å². The van der Waals surface area contributed by atoms with E-state index in [1.165, 1.54) is 44.8 Å². The second-order valence-electron chi connectivity index (χ2n) is 3.97. The normalized spacial score (nSPS) is 23.3. The summed E-state index contributed by atoms with van der Waals surface area (Å²) in [5.74, 6) is 4.69. The van der Waals surface area contributed by atoms with Crippen LogP contribution in [-0.2, 0) is 0 Å². The quantitative estimate of drug-likeness (QED) is 0.564. The summed E-state index contributed by atoms with van der Waals surface area (Å²) in [5.41, 5.74) is 0. The molecule has 1 heterocycles. The van der Waals surface area contributed by atoms with E-state index in [9.17, 15) is 0 Å². The number of nitrogens with one attached hydrogen (secondary N) is 1. The maximum Gasteiger partial charge on any atom is 0.0545 e. The average molecular weight is 226 g/mol. The van der Waals surface area contributed by atoms with Crippen molar-refractivity contribution in [3.05, 3.63) is 0 Å². The van der Waals surface area contributed by atoms with Gasteiger partial charge >= 0.3 is 0 Å². The molecule has 0 saturated carbocycles. The van der Waals surface area contributed by atoms with Gasteiger partial charge in [0.1, 0.15) is 0 Å². The van der Waals surface area contributed by atoms with E-state index in [2.05, 4.69) is 23.1 Å². The fourth-order valence-corrected chi connectivity index (χ4v) is 2.53. The second-order valence-corrected chi connectivity index (χ2v) is 5.08. The molecule has 0 radical (unpaired) electrons. The minimum Gasteiger partial charge on any atom is -0.313 e. The number of nitrogens with zero attached hydrogens (tertiary/aromatic N) is 1. The number of hydrogen-bond acceptors (Lipinski definition) is 3. The molecule has 15 heavy (non-hydrogen) atoms. The fourth-order valence-electron chi connectivity index (χ4n) is 1.88. The first kappa shape index (κ1) is 12.9. The van der Waals surface area contributed by atoms with Gasteiger partial charge in [0.15, 0.2) is 0 Å². The van der Waals surface area contributed by atoms with Crippen LogP contribution in [0.1, 0.15) is 19.8 Å². The van der Waals surface area contributed by atoms with E-state index in [0.29, 0.717) is 6.04 Å². The maximum atomic E-state index is 5.22. The van der Waals surface area contributed by atoms with E-state index in [1.807, 2.05) is 11.8 Å². The number of terminal acetylenes is 1. The largest absolute Gasteiger partial charge is 0.313 e. The van der Waals surface area contributed by atoms with Gasteiger partial charge in [0.25, 0.3) is 0 Å². The van der Waals surface area contributed by atoms with E-state index in [1.54, 1.807) is 0 Å². The van der Waals surface area contributed by atoms with Gasteiger partial charge in [-0.05, 0) is 25.9 Å². The van der Waals surface area contributed by atoms with Crippen molar-refractivity contribution in [3.8, 4) is 12.3 Å². The number of hydrogen-bond donors (Lipinski definition) is 1. The van der Waals surface area contributed by atoms with Crippen molar-refractivity contribution in [2.45, 2.75) is 25.8 Å². The van der Waals surface area contributed by atoms with Gasteiger partial charge in [-0.25, -0.2) is 0 Å². The molecule has 0 aliphatic carbocycles. The highest BCUT2D eigenvalue weighted by Gasteiger charge is 2.15. The van der Waals surface area contributed by atoms with Crippen LogP contribution in [0.4, 0.5) is 0 Å². The Bertz CT molecular complexity index is 200. The van der Waals surface area contributed by atoms with Crippen molar-refractivity contribution < 1.29 is 0 Å². The predicted molar refractivity (Wildman–Crippen MR) is 69.3 cm³/mol. The molecular formula is C12H22N2S. The summed E-state index contributed by atoms with van der Waals surface area (Å²) in [7, 11) is 0. The Morgan fingerprint density at radius 1 is 1.60 bits per heavy atom. The van der Waals surface area contributed by atoms with Gasteiger partial charge in [-0.1, -0.05) is 12.8 Å². The van der Waals surface area contributed by atoms with Gasteiger partial charge in [-0.15, -0.1) is 18.2 Å². The SMILES string of the molecule is C#CCSCCN1CCCNC(CC)C1. The van der Waals surface area contributed by atoms with E-state index in [-0.39, 0.29) is 0 Å². The number of thioether (sulfide) groups is 1. The van der Waals surface area contributed by atoms with Gasteiger partial charge in [-0.3, -0.25) is 0 Å². The Morgan fingerprint density at radius 3 is 3.20 bits per heavy atom. The van der Waals surface area contributed by atoms with Crippen LogP contribution < -0.4 is 5.32 Å². The summed E-state index contributed by atoms with van der Waals surface area (Å²) >= 11 is 1.86. The fraction of sp³-hybridized carbons (Fsp3) is 0.833. The van der Waals surface area contributed by atoms with Crippen LogP contribution in [0, 0.1) is 12.3 Å². The topological polar surface area (TPSA) is 15.3 Å². The number of rotatable bonds is 5. The summed E-state index contributed by atoms with van der Waals surface area (Å²) < 4.78 is 0. The second kappa shape index (κ2) is 8.04. The standard InChI is InChI=1S/C12H22N2S/c1-3-9-15-10-8-14-7-5-6-13-12(4-2)11-14/h1,12-13H,4-11H2,2H3. The molecule has 1 fully saturated rings. The first-order valence-corrected chi connectivity index (χ1v) is 6.99. The van der Waals surface area contributed by atoms with Gasteiger partial charge in [0.2, 0.25) is 0 Å². The van der Waals surface area contributed by atoms with E-state index >= 15 is 0 Å². The van der Waals surface area contributed by atoms with Crippen LogP contribution in [0.15, 0.2) is 0 Å². The third-order valence-electron chi connectivity index (χ3n) is 2.79. The molecule has 0 amide bonds. The Labute approximate surface area is 98.2 Å². The first-order chi connectivity index (χ1) is 7.36. The molecular weight excluding hydrogens is 204 g/mol. The molecule has 1 N–H and O–H groups in total. The Kier molecular flexibility index (Phi) is 6.91. The third kappa shape index (κ3) is 5.46. The van der Waals surface area contributed by atoms with Crippen molar-refractivity contribution in [1.82, 2.24) is 10.2 Å². The van der Waals surface area contributed by atoms with E-state index in [0.717, 1.165) is 5.75 Å². The van der Waals surface area contributed by atoms with Gasteiger partial charge in [-0.2, -0.15) is 0 Å². The Balaban J connectivity index is 2.18. The van der Waals surface area contributed by atoms with Crippen LogP contribution in [0.25, 0.3) is 0 Å². The van der Waals surface area contributed by atoms with Crippen molar-refractivity contribution in [2.24, 2.45) is 0 Å². The first-order valence-electron chi connectivity index (χ1n) is 5.83. The monoisotopic (exact) mass is 226 g/mol. The smallest absolute Gasteiger partial charge is 0.0545 e. The van der Waals surface area contributed by atoms with Crippen molar-refractivity contribution in [3.63, 3.8) is 0 Å². The molecule has 2 nitrogen and oxygen atoms in total. The van der Waals surface area contributed by atoms with Crippen molar-refractivity contribution in [1.29, 1.82) is 0 Å². The lowest BCUT2D eigenvalue weighted by molar-refractivity contribution is 0.281. The van der Waals surface area contributed by atoms with Crippen LogP contribution in [0.2, 0.25) is 0 Å². The Hall–Kier alpha value is -0.170. The molecule has 1 aliphatic rings. The third-order valence-corrected chi connectivity index (χ3v) is 3.63. The summed E-state index contributed by atoms with van der Waals surface area (Å²) in [6, 6.07) is 0.685. The van der Waals surface area contributed by atoms with Gasteiger partial charge < -0.3 is 10.2 Å². The Morgan fingerprint density at radius 2 is 2.47 bits per heavy atom. The summed E-state index contributed by atoms with van der Waals surface area (Å²) in [6.07, 6.45) is 7.73. The molecule has 1 unspecified atom stereocenters. The van der Waals surface area contributed by atoms with E-state index in [4.69, 9.17) is 6.42 Å². The molecule has 0 aromatic rings. The van der Waals surface area contributed by atoms with Crippen LogP contribution in [0.3, 0.4) is 0 Å². The molecule has 1 atom stereocenters. The highest BCUT2D eigenvalue weighted by atomic mass is 32.2. The average Bonchev–Trinajstić information content (AvgIpc) is 2.49. The zero-order chi connectivity index (χ0) is 10.9. The minimum absolute atomic E-state index is 0.685. The van der Waals surface area contributed by atoms with Crippen molar-refractivity contribution >= 4 is 11.8 Å². The molecule has 1 rings (SSSR count). The molecule has 3 heteroatoms. The molecule has 86 valence electrons. The minimum atomic E-state index is 0.685. The highest BCUT2D eigenvalue weighted by Crippen LogP contribution is 2.06. The molecule has 1 saturated heterocycles. The lowest BCUT2D eigenvalue weighted by Crippen LogP contribution is -2.38. The summed E-state index contributed by atoms with van der Waals surface area (Å²) in [5, 5.41) is 3.58. The molecule has 0 aromatic carbocycles. The highest BCUT2D eigenvalue weighted by molar-refractivity contribution is 7.99. The lowest BCUT2D eigenvalue weighted by atomic mass is 10.2. The predicted octanol–water partition coefficient (Wildman–Crippen LogP) is 1.43. The van der Waals surface area contributed by atoms with Crippen LogP contribution in [-0.4, -0.2) is 48.6 Å². The van der Waals surface area contributed by atoms with Crippen molar-refractivity contribution in [2.75, 3.05) is 37.7 Å².